The zero-order chi connectivity index (χ0) is 15.4. The summed E-state index contributed by atoms with van der Waals surface area (Å²) in [6.45, 7) is 2.61. The number of thiocarbonyl (C=S) groups is 1. The molecule has 0 bridgehead atoms. The molecule has 0 unspecified atom stereocenters. The molecule has 1 fully saturated rings. The summed E-state index contributed by atoms with van der Waals surface area (Å²) < 4.78 is 5.79. The molecular weight excluding hydrogens is 314 g/mol. The molecule has 0 amide bonds. The fourth-order valence-electron chi connectivity index (χ4n) is 2.57. The second kappa shape index (κ2) is 7.12. The summed E-state index contributed by atoms with van der Waals surface area (Å²) in [6, 6.07) is 15.7. The van der Waals surface area contributed by atoms with Gasteiger partial charge >= 0.3 is 0 Å². The summed E-state index contributed by atoms with van der Waals surface area (Å²) in [4.78, 5) is 3.21. The molecule has 114 valence electrons. The lowest BCUT2D eigenvalue weighted by molar-refractivity contribution is 0.306. The SMILES string of the molecule is S=C(c1ccc(OCc2ccccc2Cl)cc1)N1CCCC1. The van der Waals surface area contributed by atoms with Crippen molar-refractivity contribution in [2.75, 3.05) is 13.1 Å². The first-order chi connectivity index (χ1) is 10.7. The molecule has 0 saturated carbocycles. The molecule has 0 aromatic heterocycles. The van der Waals surface area contributed by atoms with Crippen molar-refractivity contribution >= 4 is 28.8 Å². The third-order valence-corrected chi connectivity index (χ3v) is 4.71. The van der Waals surface area contributed by atoms with Gasteiger partial charge in [-0.1, -0.05) is 42.0 Å². The number of likely N-dealkylation sites (tertiary alicyclic amines) is 1. The van der Waals surface area contributed by atoms with E-state index in [4.69, 9.17) is 28.6 Å². The normalized spacial score (nSPS) is 14.1. The van der Waals surface area contributed by atoms with E-state index in [9.17, 15) is 0 Å². The summed E-state index contributed by atoms with van der Waals surface area (Å²) in [7, 11) is 0. The topological polar surface area (TPSA) is 12.5 Å². The molecule has 1 aliphatic rings. The molecule has 1 heterocycles. The van der Waals surface area contributed by atoms with E-state index in [-0.39, 0.29) is 0 Å². The highest BCUT2D eigenvalue weighted by molar-refractivity contribution is 7.80. The maximum Gasteiger partial charge on any atom is 0.119 e. The van der Waals surface area contributed by atoms with Gasteiger partial charge in [-0.25, -0.2) is 0 Å². The summed E-state index contributed by atoms with van der Waals surface area (Å²) in [6.07, 6.45) is 2.47. The van der Waals surface area contributed by atoms with Crippen molar-refractivity contribution in [3.05, 3.63) is 64.7 Å². The Kier molecular flexibility index (Phi) is 4.96. The minimum atomic E-state index is 0.468. The highest BCUT2D eigenvalue weighted by atomic mass is 35.5. The highest BCUT2D eigenvalue weighted by Crippen LogP contribution is 2.20. The Balaban J connectivity index is 1.62. The van der Waals surface area contributed by atoms with Gasteiger partial charge in [-0.3, -0.25) is 0 Å². The third-order valence-electron chi connectivity index (χ3n) is 3.85. The zero-order valence-electron chi connectivity index (χ0n) is 12.3. The lowest BCUT2D eigenvalue weighted by atomic mass is 10.2. The average molecular weight is 332 g/mol. The van der Waals surface area contributed by atoms with E-state index < -0.39 is 0 Å². The smallest absolute Gasteiger partial charge is 0.119 e. The molecule has 4 heteroatoms. The van der Waals surface area contributed by atoms with Gasteiger partial charge in [0.2, 0.25) is 0 Å². The fourth-order valence-corrected chi connectivity index (χ4v) is 3.08. The average Bonchev–Trinajstić information content (AvgIpc) is 3.08. The molecular formula is C18H18ClNOS. The van der Waals surface area contributed by atoms with Gasteiger partial charge in [-0.15, -0.1) is 0 Å². The van der Waals surface area contributed by atoms with Crippen molar-refractivity contribution in [3.63, 3.8) is 0 Å². The maximum absolute atomic E-state index is 6.13. The van der Waals surface area contributed by atoms with E-state index in [2.05, 4.69) is 4.90 Å². The predicted octanol–water partition coefficient (Wildman–Crippen LogP) is 4.69. The van der Waals surface area contributed by atoms with Crippen LogP contribution < -0.4 is 4.74 Å². The summed E-state index contributed by atoms with van der Waals surface area (Å²) in [5.74, 6) is 0.827. The van der Waals surface area contributed by atoms with E-state index in [0.717, 1.165) is 40.0 Å². The number of rotatable bonds is 4. The number of hydrogen-bond donors (Lipinski definition) is 0. The van der Waals surface area contributed by atoms with Crippen molar-refractivity contribution < 1.29 is 4.74 Å². The van der Waals surface area contributed by atoms with E-state index in [1.807, 2.05) is 48.5 Å². The monoisotopic (exact) mass is 331 g/mol. The molecule has 2 aromatic carbocycles. The van der Waals surface area contributed by atoms with Gasteiger partial charge in [-0.2, -0.15) is 0 Å². The molecule has 1 saturated heterocycles. The van der Waals surface area contributed by atoms with Gasteiger partial charge < -0.3 is 9.64 Å². The fraction of sp³-hybridized carbons (Fsp3) is 0.278. The molecule has 1 aliphatic heterocycles. The predicted molar refractivity (Wildman–Crippen MR) is 94.7 cm³/mol. The number of ether oxygens (including phenoxy) is 1. The van der Waals surface area contributed by atoms with Gasteiger partial charge in [0, 0.05) is 29.2 Å². The zero-order valence-corrected chi connectivity index (χ0v) is 13.9. The number of benzene rings is 2. The Labute approximate surface area is 141 Å². The molecule has 0 N–H and O–H groups in total. The van der Waals surface area contributed by atoms with Crippen molar-refractivity contribution in [1.82, 2.24) is 4.90 Å². The van der Waals surface area contributed by atoms with Crippen LogP contribution in [0.4, 0.5) is 0 Å². The lowest BCUT2D eigenvalue weighted by Gasteiger charge is -2.18. The van der Waals surface area contributed by atoms with E-state index in [1.54, 1.807) is 0 Å². The van der Waals surface area contributed by atoms with E-state index >= 15 is 0 Å². The molecule has 2 nitrogen and oxygen atoms in total. The molecule has 3 rings (SSSR count). The Bertz CT molecular complexity index is 650. The van der Waals surface area contributed by atoms with Crippen LogP contribution in [0.1, 0.15) is 24.0 Å². The minimum Gasteiger partial charge on any atom is -0.489 e. The second-order valence-electron chi connectivity index (χ2n) is 5.40. The third kappa shape index (κ3) is 3.60. The molecule has 22 heavy (non-hydrogen) atoms. The van der Waals surface area contributed by atoms with Crippen LogP contribution in [-0.2, 0) is 6.61 Å². The van der Waals surface area contributed by atoms with Gasteiger partial charge in [0.1, 0.15) is 17.3 Å². The van der Waals surface area contributed by atoms with Crippen molar-refractivity contribution in [2.24, 2.45) is 0 Å². The summed E-state index contributed by atoms with van der Waals surface area (Å²) in [5.41, 5.74) is 2.07. The van der Waals surface area contributed by atoms with Crippen LogP contribution in [0, 0.1) is 0 Å². The Morgan fingerprint density at radius 3 is 2.41 bits per heavy atom. The minimum absolute atomic E-state index is 0.468. The largest absolute Gasteiger partial charge is 0.489 e. The van der Waals surface area contributed by atoms with Crippen LogP contribution in [0.25, 0.3) is 0 Å². The van der Waals surface area contributed by atoms with E-state index in [1.165, 1.54) is 12.8 Å². The van der Waals surface area contributed by atoms with Crippen molar-refractivity contribution in [3.8, 4) is 5.75 Å². The Morgan fingerprint density at radius 1 is 1.05 bits per heavy atom. The number of hydrogen-bond acceptors (Lipinski definition) is 2. The Morgan fingerprint density at radius 2 is 1.73 bits per heavy atom. The first kappa shape index (κ1) is 15.3. The number of nitrogens with zero attached hydrogens (tertiary/aromatic N) is 1. The van der Waals surface area contributed by atoms with Crippen LogP contribution in [0.2, 0.25) is 5.02 Å². The maximum atomic E-state index is 6.13. The van der Waals surface area contributed by atoms with Crippen LogP contribution in [0.5, 0.6) is 5.75 Å². The van der Waals surface area contributed by atoms with Gasteiger partial charge in [-0.05, 0) is 43.2 Å². The summed E-state index contributed by atoms with van der Waals surface area (Å²) >= 11 is 11.7. The lowest BCUT2D eigenvalue weighted by Crippen LogP contribution is -2.26. The van der Waals surface area contributed by atoms with Crippen LogP contribution in [-0.4, -0.2) is 23.0 Å². The van der Waals surface area contributed by atoms with Crippen LogP contribution in [0.15, 0.2) is 48.5 Å². The summed E-state index contributed by atoms with van der Waals surface area (Å²) in [5, 5.41) is 0.731. The molecule has 2 aromatic rings. The first-order valence-electron chi connectivity index (χ1n) is 7.49. The molecule has 0 spiro atoms. The second-order valence-corrected chi connectivity index (χ2v) is 6.20. The first-order valence-corrected chi connectivity index (χ1v) is 8.28. The Hall–Kier alpha value is -1.58. The quantitative estimate of drug-likeness (QED) is 0.754. The molecule has 0 atom stereocenters. The van der Waals surface area contributed by atoms with Crippen LogP contribution in [0.3, 0.4) is 0 Å². The van der Waals surface area contributed by atoms with Gasteiger partial charge in [0.25, 0.3) is 0 Å². The highest BCUT2D eigenvalue weighted by Gasteiger charge is 2.15. The van der Waals surface area contributed by atoms with Crippen molar-refractivity contribution in [1.29, 1.82) is 0 Å². The molecule has 0 radical (unpaired) electrons. The van der Waals surface area contributed by atoms with Gasteiger partial charge in [0.15, 0.2) is 0 Å². The van der Waals surface area contributed by atoms with Crippen LogP contribution >= 0.6 is 23.8 Å². The van der Waals surface area contributed by atoms with Crippen molar-refractivity contribution in [2.45, 2.75) is 19.4 Å². The standard InChI is InChI=1S/C18H18ClNOS/c19-17-6-2-1-5-15(17)13-21-16-9-7-14(8-10-16)18(22)20-11-3-4-12-20/h1-2,5-10H,3-4,11-13H2. The molecule has 0 aliphatic carbocycles. The van der Waals surface area contributed by atoms with E-state index in [0.29, 0.717) is 6.61 Å². The van der Waals surface area contributed by atoms with Gasteiger partial charge in [0.05, 0.1) is 0 Å². The number of halogens is 1.